The standard InChI is InChI=1S/C12H13BrO2/c1-9(8-15-10(2)14)6-11-4-3-5-12(13)7-11/h3-7H,8H2,1-2H3/b9-6+. The smallest absolute Gasteiger partial charge is 0.302 e. The highest BCUT2D eigenvalue weighted by Gasteiger charge is 1.95. The second kappa shape index (κ2) is 5.71. The molecule has 0 atom stereocenters. The van der Waals surface area contributed by atoms with Crippen LogP contribution in [0.15, 0.2) is 34.3 Å². The van der Waals surface area contributed by atoms with Gasteiger partial charge in [0.05, 0.1) is 0 Å². The largest absolute Gasteiger partial charge is 0.461 e. The molecule has 15 heavy (non-hydrogen) atoms. The molecule has 0 saturated heterocycles. The summed E-state index contributed by atoms with van der Waals surface area (Å²) >= 11 is 3.40. The number of ether oxygens (including phenoxy) is 1. The van der Waals surface area contributed by atoms with Crippen LogP contribution in [0.3, 0.4) is 0 Å². The van der Waals surface area contributed by atoms with Crippen LogP contribution < -0.4 is 0 Å². The predicted octanol–water partition coefficient (Wildman–Crippen LogP) is 3.42. The van der Waals surface area contributed by atoms with Crippen molar-refractivity contribution in [2.75, 3.05) is 6.61 Å². The Labute approximate surface area is 98.1 Å². The zero-order valence-corrected chi connectivity index (χ0v) is 10.4. The van der Waals surface area contributed by atoms with Crippen molar-refractivity contribution in [3.8, 4) is 0 Å². The molecule has 80 valence electrons. The van der Waals surface area contributed by atoms with E-state index < -0.39 is 0 Å². The topological polar surface area (TPSA) is 26.3 Å². The minimum atomic E-state index is -0.253. The van der Waals surface area contributed by atoms with Gasteiger partial charge in [-0.15, -0.1) is 0 Å². The van der Waals surface area contributed by atoms with Crippen molar-refractivity contribution >= 4 is 28.0 Å². The van der Waals surface area contributed by atoms with Gasteiger partial charge < -0.3 is 4.74 Å². The Morgan fingerprint density at radius 3 is 2.80 bits per heavy atom. The number of benzene rings is 1. The Morgan fingerprint density at radius 1 is 1.47 bits per heavy atom. The molecule has 0 fully saturated rings. The van der Waals surface area contributed by atoms with Gasteiger partial charge in [0.2, 0.25) is 0 Å². The first kappa shape index (κ1) is 12.0. The molecule has 0 aliphatic rings. The van der Waals surface area contributed by atoms with Crippen LogP contribution in [0, 0.1) is 0 Å². The van der Waals surface area contributed by atoms with Crippen LogP contribution in [0.1, 0.15) is 19.4 Å². The van der Waals surface area contributed by atoms with Crippen LogP contribution in [-0.4, -0.2) is 12.6 Å². The third kappa shape index (κ3) is 4.79. The zero-order valence-electron chi connectivity index (χ0n) is 8.79. The SMILES string of the molecule is CC(=O)OC/C(C)=C/c1cccc(Br)c1. The lowest BCUT2D eigenvalue weighted by molar-refractivity contribution is -0.139. The molecule has 3 heteroatoms. The van der Waals surface area contributed by atoms with Crippen LogP contribution >= 0.6 is 15.9 Å². The minimum absolute atomic E-state index is 0.253. The lowest BCUT2D eigenvalue weighted by Crippen LogP contribution is -2.01. The third-order valence-electron chi connectivity index (χ3n) is 1.76. The van der Waals surface area contributed by atoms with E-state index in [0.717, 1.165) is 15.6 Å². The van der Waals surface area contributed by atoms with Crippen molar-refractivity contribution in [2.45, 2.75) is 13.8 Å². The van der Waals surface area contributed by atoms with E-state index in [0.29, 0.717) is 6.61 Å². The van der Waals surface area contributed by atoms with E-state index in [9.17, 15) is 4.79 Å². The molecule has 0 spiro atoms. The van der Waals surface area contributed by atoms with Gasteiger partial charge in [0.1, 0.15) is 6.61 Å². The molecule has 0 unspecified atom stereocenters. The first-order chi connectivity index (χ1) is 7.08. The van der Waals surface area contributed by atoms with Crippen molar-refractivity contribution in [1.82, 2.24) is 0 Å². The Bertz CT molecular complexity index is 383. The third-order valence-corrected chi connectivity index (χ3v) is 2.26. The van der Waals surface area contributed by atoms with Gasteiger partial charge in [-0.2, -0.15) is 0 Å². The highest BCUT2D eigenvalue weighted by atomic mass is 79.9. The zero-order chi connectivity index (χ0) is 11.3. The minimum Gasteiger partial charge on any atom is -0.461 e. The first-order valence-electron chi connectivity index (χ1n) is 4.64. The Morgan fingerprint density at radius 2 is 2.20 bits per heavy atom. The molecular formula is C12H13BrO2. The van der Waals surface area contributed by atoms with Gasteiger partial charge in [0.25, 0.3) is 0 Å². The van der Waals surface area contributed by atoms with E-state index in [4.69, 9.17) is 4.74 Å². The summed E-state index contributed by atoms with van der Waals surface area (Å²) in [6, 6.07) is 7.95. The van der Waals surface area contributed by atoms with Gasteiger partial charge in [0, 0.05) is 11.4 Å². The molecule has 0 bridgehead atoms. The highest BCUT2D eigenvalue weighted by molar-refractivity contribution is 9.10. The summed E-state index contributed by atoms with van der Waals surface area (Å²) < 4.78 is 5.93. The Hall–Kier alpha value is -1.09. The molecule has 1 aromatic rings. The van der Waals surface area contributed by atoms with Crippen LogP contribution in [0.4, 0.5) is 0 Å². The summed E-state index contributed by atoms with van der Waals surface area (Å²) in [7, 11) is 0. The number of hydrogen-bond donors (Lipinski definition) is 0. The van der Waals surface area contributed by atoms with Crippen LogP contribution in [0.5, 0.6) is 0 Å². The van der Waals surface area contributed by atoms with Crippen LogP contribution in [0.25, 0.3) is 6.08 Å². The highest BCUT2D eigenvalue weighted by Crippen LogP contribution is 2.14. The molecule has 0 heterocycles. The summed E-state index contributed by atoms with van der Waals surface area (Å²) in [5, 5.41) is 0. The van der Waals surface area contributed by atoms with Gasteiger partial charge in [0.15, 0.2) is 0 Å². The molecule has 0 aromatic heterocycles. The van der Waals surface area contributed by atoms with E-state index in [1.165, 1.54) is 6.92 Å². The molecule has 0 amide bonds. The quantitative estimate of drug-likeness (QED) is 0.786. The first-order valence-corrected chi connectivity index (χ1v) is 5.43. The Balaban J connectivity index is 2.65. The van der Waals surface area contributed by atoms with E-state index in [1.54, 1.807) is 0 Å². The molecule has 0 N–H and O–H groups in total. The molecule has 0 saturated carbocycles. The van der Waals surface area contributed by atoms with E-state index in [-0.39, 0.29) is 5.97 Å². The normalized spacial score (nSPS) is 11.3. The fraction of sp³-hybridized carbons (Fsp3) is 0.250. The second-order valence-electron chi connectivity index (χ2n) is 3.33. The maximum absolute atomic E-state index is 10.6. The number of carbonyl (C=O) groups is 1. The fourth-order valence-electron chi connectivity index (χ4n) is 1.14. The molecule has 2 nitrogen and oxygen atoms in total. The summed E-state index contributed by atoms with van der Waals surface area (Å²) in [5.41, 5.74) is 2.11. The molecule has 1 rings (SSSR count). The van der Waals surface area contributed by atoms with Gasteiger partial charge in [-0.05, 0) is 30.2 Å². The monoisotopic (exact) mass is 268 g/mol. The summed E-state index contributed by atoms with van der Waals surface area (Å²) in [4.78, 5) is 10.6. The number of halogens is 1. The van der Waals surface area contributed by atoms with Crippen molar-refractivity contribution < 1.29 is 9.53 Å². The van der Waals surface area contributed by atoms with E-state index in [2.05, 4.69) is 15.9 Å². The molecule has 0 aliphatic carbocycles. The van der Waals surface area contributed by atoms with Crippen molar-refractivity contribution in [3.63, 3.8) is 0 Å². The Kier molecular flexibility index (Phi) is 4.56. The predicted molar refractivity (Wildman–Crippen MR) is 64.4 cm³/mol. The number of carbonyl (C=O) groups excluding carboxylic acids is 1. The average molecular weight is 269 g/mol. The summed E-state index contributed by atoms with van der Waals surface area (Å²) in [6.45, 7) is 3.69. The van der Waals surface area contributed by atoms with Crippen molar-refractivity contribution in [1.29, 1.82) is 0 Å². The van der Waals surface area contributed by atoms with Crippen molar-refractivity contribution in [2.24, 2.45) is 0 Å². The summed E-state index contributed by atoms with van der Waals surface area (Å²) in [5.74, 6) is -0.253. The van der Waals surface area contributed by atoms with Crippen molar-refractivity contribution in [3.05, 3.63) is 39.9 Å². The maximum atomic E-state index is 10.6. The lowest BCUT2D eigenvalue weighted by atomic mass is 10.1. The van der Waals surface area contributed by atoms with Gasteiger partial charge >= 0.3 is 5.97 Å². The average Bonchev–Trinajstić information content (AvgIpc) is 2.15. The van der Waals surface area contributed by atoms with Crippen LogP contribution in [0.2, 0.25) is 0 Å². The molecule has 0 aliphatic heterocycles. The number of esters is 1. The maximum Gasteiger partial charge on any atom is 0.302 e. The lowest BCUT2D eigenvalue weighted by Gasteiger charge is -2.02. The molecule has 1 aromatic carbocycles. The second-order valence-corrected chi connectivity index (χ2v) is 4.24. The number of rotatable bonds is 3. The van der Waals surface area contributed by atoms with Gasteiger partial charge in [-0.3, -0.25) is 4.79 Å². The molecule has 0 radical (unpaired) electrons. The number of hydrogen-bond acceptors (Lipinski definition) is 2. The fourth-order valence-corrected chi connectivity index (χ4v) is 1.55. The molecular weight excluding hydrogens is 256 g/mol. The van der Waals surface area contributed by atoms with E-state index >= 15 is 0 Å². The van der Waals surface area contributed by atoms with E-state index in [1.807, 2.05) is 37.3 Å². The van der Waals surface area contributed by atoms with Gasteiger partial charge in [-0.25, -0.2) is 0 Å². The van der Waals surface area contributed by atoms with Gasteiger partial charge in [-0.1, -0.05) is 34.1 Å². The van der Waals surface area contributed by atoms with Crippen LogP contribution in [-0.2, 0) is 9.53 Å². The summed E-state index contributed by atoms with van der Waals surface area (Å²) in [6.07, 6.45) is 1.99.